The van der Waals surface area contributed by atoms with Crippen molar-refractivity contribution >= 4 is 11.6 Å². The number of nitrogens with zero attached hydrogens (tertiary/aromatic N) is 1. The molecule has 0 bridgehead atoms. The Labute approximate surface area is 150 Å². The molecule has 0 aromatic heterocycles. The molecule has 0 saturated heterocycles. The van der Waals surface area contributed by atoms with E-state index in [-0.39, 0.29) is 12.1 Å². The lowest BCUT2D eigenvalue weighted by molar-refractivity contribution is -0.118. The van der Waals surface area contributed by atoms with Gasteiger partial charge in [-0.1, -0.05) is 19.4 Å². The van der Waals surface area contributed by atoms with Crippen molar-refractivity contribution in [2.75, 3.05) is 11.4 Å². The minimum Gasteiger partial charge on any atom is -0.475 e. The van der Waals surface area contributed by atoms with Crippen LogP contribution in [0, 0.1) is 0 Å². The van der Waals surface area contributed by atoms with E-state index < -0.39 is 5.72 Å². The molecule has 0 radical (unpaired) electrons. The number of rotatable bonds is 6. The van der Waals surface area contributed by atoms with E-state index in [0.29, 0.717) is 19.4 Å². The Morgan fingerprint density at radius 1 is 1.24 bits per heavy atom. The van der Waals surface area contributed by atoms with Gasteiger partial charge in [-0.2, -0.15) is 0 Å². The standard InChI is InChI=1S/C20H30N2O3/c1-3-18(21-20(24)13-6-5-7-14-20)25-17-10-8-9-16-15(17)11-12-19(23)22(16)4-2/h8-10,18,21,24H,3-7,11-14H2,1-2H3. The highest BCUT2D eigenvalue weighted by Gasteiger charge is 2.32. The first kappa shape index (κ1) is 18.2. The lowest BCUT2D eigenvalue weighted by atomic mass is 9.91. The summed E-state index contributed by atoms with van der Waals surface area (Å²) in [6.45, 7) is 4.72. The Kier molecular flexibility index (Phi) is 5.64. The molecule has 1 aromatic rings. The number of aliphatic hydroxyl groups is 1. The second-order valence-corrected chi connectivity index (χ2v) is 7.14. The third kappa shape index (κ3) is 3.98. The quantitative estimate of drug-likeness (QED) is 0.776. The van der Waals surface area contributed by atoms with E-state index in [1.54, 1.807) is 0 Å². The van der Waals surface area contributed by atoms with Gasteiger partial charge < -0.3 is 14.7 Å². The second kappa shape index (κ2) is 7.75. The summed E-state index contributed by atoms with van der Waals surface area (Å²) in [5.41, 5.74) is 1.24. The summed E-state index contributed by atoms with van der Waals surface area (Å²) in [4.78, 5) is 14.0. The lowest BCUT2D eigenvalue weighted by Crippen LogP contribution is -2.53. The van der Waals surface area contributed by atoms with Gasteiger partial charge in [0.05, 0.1) is 5.69 Å². The van der Waals surface area contributed by atoms with Crippen molar-refractivity contribution in [1.82, 2.24) is 5.32 Å². The molecule has 5 heteroatoms. The van der Waals surface area contributed by atoms with Crippen molar-refractivity contribution in [2.45, 2.75) is 77.2 Å². The highest BCUT2D eigenvalue weighted by atomic mass is 16.5. The number of nitrogens with one attached hydrogen (secondary N) is 1. The van der Waals surface area contributed by atoms with Crippen LogP contribution in [0.5, 0.6) is 5.75 Å². The van der Waals surface area contributed by atoms with Crippen LogP contribution < -0.4 is 15.0 Å². The molecule has 0 spiro atoms. The summed E-state index contributed by atoms with van der Waals surface area (Å²) in [5.74, 6) is 0.996. The normalized spacial score (nSPS) is 20.9. The Hall–Kier alpha value is -1.59. The average Bonchev–Trinajstić information content (AvgIpc) is 2.61. The van der Waals surface area contributed by atoms with E-state index in [9.17, 15) is 9.90 Å². The summed E-state index contributed by atoms with van der Waals surface area (Å²) in [7, 11) is 0. The van der Waals surface area contributed by atoms with E-state index in [4.69, 9.17) is 4.74 Å². The number of hydrogen-bond acceptors (Lipinski definition) is 4. The van der Waals surface area contributed by atoms with Crippen molar-refractivity contribution in [3.8, 4) is 5.75 Å². The predicted octanol–water partition coefficient (Wildman–Crippen LogP) is 3.34. The van der Waals surface area contributed by atoms with Crippen LogP contribution in [0.1, 0.15) is 64.4 Å². The number of amides is 1. The number of anilines is 1. The molecule has 1 aliphatic carbocycles. The van der Waals surface area contributed by atoms with Gasteiger partial charge >= 0.3 is 0 Å². The predicted molar refractivity (Wildman–Crippen MR) is 98.7 cm³/mol. The number of ether oxygens (including phenoxy) is 1. The first-order chi connectivity index (χ1) is 12.1. The fraction of sp³-hybridized carbons (Fsp3) is 0.650. The van der Waals surface area contributed by atoms with E-state index in [2.05, 4.69) is 12.2 Å². The summed E-state index contributed by atoms with van der Waals surface area (Å²) in [6.07, 6.45) is 6.61. The first-order valence-electron chi connectivity index (χ1n) is 9.65. The van der Waals surface area contributed by atoms with Gasteiger partial charge in [0.2, 0.25) is 5.91 Å². The van der Waals surface area contributed by atoms with Crippen LogP contribution in [0.3, 0.4) is 0 Å². The Morgan fingerprint density at radius 2 is 2.00 bits per heavy atom. The molecular formula is C20H30N2O3. The number of benzene rings is 1. The van der Waals surface area contributed by atoms with E-state index in [0.717, 1.165) is 49.1 Å². The first-order valence-corrected chi connectivity index (χ1v) is 9.65. The fourth-order valence-electron chi connectivity index (χ4n) is 3.97. The van der Waals surface area contributed by atoms with E-state index >= 15 is 0 Å². The third-order valence-electron chi connectivity index (χ3n) is 5.36. The van der Waals surface area contributed by atoms with Gasteiger partial charge in [0.1, 0.15) is 11.5 Å². The molecule has 3 rings (SSSR count). The molecule has 1 heterocycles. The minimum atomic E-state index is -0.820. The number of hydrogen-bond donors (Lipinski definition) is 2. The molecule has 1 fully saturated rings. The molecule has 1 amide bonds. The Morgan fingerprint density at radius 3 is 2.68 bits per heavy atom. The molecule has 138 valence electrons. The van der Waals surface area contributed by atoms with E-state index in [1.807, 2.05) is 30.0 Å². The molecule has 25 heavy (non-hydrogen) atoms. The van der Waals surface area contributed by atoms with Crippen LogP contribution >= 0.6 is 0 Å². The smallest absolute Gasteiger partial charge is 0.227 e. The Bertz CT molecular complexity index is 611. The van der Waals surface area contributed by atoms with Crippen LogP contribution in [0.15, 0.2) is 18.2 Å². The van der Waals surface area contributed by atoms with Crippen molar-refractivity contribution in [3.05, 3.63) is 23.8 Å². The van der Waals surface area contributed by atoms with Crippen LogP contribution in [-0.4, -0.2) is 29.5 Å². The van der Waals surface area contributed by atoms with Crippen LogP contribution in [0.4, 0.5) is 5.69 Å². The van der Waals surface area contributed by atoms with Crippen LogP contribution in [0.25, 0.3) is 0 Å². The molecule has 2 aliphatic rings. The molecule has 5 nitrogen and oxygen atoms in total. The van der Waals surface area contributed by atoms with Gasteiger partial charge in [-0.05, 0) is 57.6 Å². The molecule has 1 atom stereocenters. The van der Waals surface area contributed by atoms with Gasteiger partial charge in [-0.3, -0.25) is 10.1 Å². The van der Waals surface area contributed by atoms with Gasteiger partial charge in [0.15, 0.2) is 6.23 Å². The highest BCUT2D eigenvalue weighted by Crippen LogP contribution is 2.35. The fourth-order valence-corrected chi connectivity index (χ4v) is 3.97. The molecule has 2 N–H and O–H groups in total. The SMILES string of the molecule is CCC(NC1(O)CCCCC1)Oc1cccc2c1CCC(=O)N2CC. The largest absolute Gasteiger partial charge is 0.475 e. The molecule has 1 unspecified atom stereocenters. The highest BCUT2D eigenvalue weighted by molar-refractivity contribution is 5.96. The number of fused-ring (bicyclic) bond motifs is 1. The van der Waals surface area contributed by atoms with Gasteiger partial charge in [-0.25, -0.2) is 0 Å². The van der Waals surface area contributed by atoms with Crippen molar-refractivity contribution in [1.29, 1.82) is 0 Å². The van der Waals surface area contributed by atoms with Gasteiger partial charge in [-0.15, -0.1) is 0 Å². The topological polar surface area (TPSA) is 61.8 Å². The van der Waals surface area contributed by atoms with Gasteiger partial charge in [0.25, 0.3) is 0 Å². The average molecular weight is 346 g/mol. The zero-order chi connectivity index (χ0) is 17.9. The number of carbonyl (C=O) groups is 1. The zero-order valence-electron chi connectivity index (χ0n) is 15.4. The van der Waals surface area contributed by atoms with Gasteiger partial charge in [0, 0.05) is 18.5 Å². The maximum atomic E-state index is 12.1. The summed E-state index contributed by atoms with van der Waals surface area (Å²) in [6, 6.07) is 5.90. The maximum absolute atomic E-state index is 12.1. The molecule has 1 saturated carbocycles. The maximum Gasteiger partial charge on any atom is 0.227 e. The van der Waals surface area contributed by atoms with Crippen LogP contribution in [-0.2, 0) is 11.2 Å². The summed E-state index contributed by atoms with van der Waals surface area (Å²) in [5, 5.41) is 14.1. The number of carbonyl (C=O) groups excluding carboxylic acids is 1. The molecule has 1 aliphatic heterocycles. The van der Waals surface area contributed by atoms with E-state index in [1.165, 1.54) is 6.42 Å². The lowest BCUT2D eigenvalue weighted by Gasteiger charge is -2.37. The second-order valence-electron chi connectivity index (χ2n) is 7.14. The minimum absolute atomic E-state index is 0.175. The monoisotopic (exact) mass is 346 g/mol. The molecular weight excluding hydrogens is 316 g/mol. The summed E-state index contributed by atoms with van der Waals surface area (Å²) >= 11 is 0. The zero-order valence-corrected chi connectivity index (χ0v) is 15.4. The third-order valence-corrected chi connectivity index (χ3v) is 5.36. The summed E-state index contributed by atoms with van der Waals surface area (Å²) < 4.78 is 6.25. The van der Waals surface area contributed by atoms with Crippen molar-refractivity contribution < 1.29 is 14.6 Å². The van der Waals surface area contributed by atoms with Crippen molar-refractivity contribution in [2.24, 2.45) is 0 Å². The van der Waals surface area contributed by atoms with Crippen molar-refractivity contribution in [3.63, 3.8) is 0 Å². The Balaban J connectivity index is 1.77. The van der Waals surface area contributed by atoms with Crippen LogP contribution in [0.2, 0.25) is 0 Å². The molecule has 1 aromatic carbocycles.